The van der Waals surface area contributed by atoms with Crippen LogP contribution in [0.5, 0.6) is 0 Å². The van der Waals surface area contributed by atoms with E-state index in [1.54, 1.807) is 51.1 Å². The number of carbonyl (C=O) groups is 3. The van der Waals surface area contributed by atoms with Crippen molar-refractivity contribution in [1.29, 1.82) is 0 Å². The fourth-order valence-electron chi connectivity index (χ4n) is 2.12. The van der Waals surface area contributed by atoms with Crippen LogP contribution in [0.25, 0.3) is 0 Å². The lowest BCUT2D eigenvalue weighted by atomic mass is 10.1. The maximum atomic E-state index is 13.9. The predicted octanol–water partition coefficient (Wildman–Crippen LogP) is 3.31. The Hall–Kier alpha value is -2.91. The van der Waals surface area contributed by atoms with Gasteiger partial charge in [-0.05, 0) is 32.8 Å². The molecule has 0 aliphatic rings. The van der Waals surface area contributed by atoms with E-state index in [1.807, 2.05) is 10.6 Å². The minimum atomic E-state index is -3.39. The summed E-state index contributed by atoms with van der Waals surface area (Å²) in [5.41, 5.74) is -0.146. The molecule has 0 bridgehead atoms. The van der Waals surface area contributed by atoms with Gasteiger partial charge in [0.1, 0.15) is 18.2 Å². The molecule has 1 rings (SSSR count). The Kier molecular flexibility index (Phi) is 8.81. The molecule has 0 heterocycles. The molecule has 8 nitrogen and oxygen atoms in total. The molecule has 2 amide bonds. The predicted molar refractivity (Wildman–Crippen MR) is 99.6 cm³/mol. The summed E-state index contributed by atoms with van der Waals surface area (Å²) < 4.78 is 37.6. The highest BCUT2D eigenvalue weighted by Gasteiger charge is 2.33. The number of amides is 2. The number of carbonyl (C=O) groups excluding carboxylic acids is 2. The molecule has 0 fully saturated rings. The summed E-state index contributed by atoms with van der Waals surface area (Å²) in [5, 5.41) is 13.1. The normalized spacial score (nSPS) is 12.6. The Morgan fingerprint density at radius 1 is 1.10 bits per heavy atom. The molecule has 0 aliphatic carbocycles. The molecule has 1 aromatic rings. The van der Waals surface area contributed by atoms with Gasteiger partial charge in [0.15, 0.2) is 0 Å². The third-order valence-electron chi connectivity index (χ3n) is 3.49. The summed E-state index contributed by atoms with van der Waals surface area (Å²) in [7, 11) is 0. The number of carboxylic acid groups (broad SMARTS) is 1. The van der Waals surface area contributed by atoms with Gasteiger partial charge in [0.25, 0.3) is 5.92 Å². The Morgan fingerprint density at radius 3 is 2.28 bits per heavy atom. The van der Waals surface area contributed by atoms with Gasteiger partial charge in [-0.1, -0.05) is 30.3 Å². The Labute approximate surface area is 167 Å². The Bertz CT molecular complexity index is 692. The van der Waals surface area contributed by atoms with Crippen LogP contribution in [0.1, 0.15) is 39.2 Å². The standard InChI is InChI=1S/C19H26F2N2O6/c1-18(2,3)29-16(26)22-12-19(20,21)10-9-14(15(24)25)23-17(27)28-11-13-7-5-4-6-8-13/h4-8,14H,9-12H2,1-3H3,(H,22,26)(H,23,27)(H,24,25)/t14-/m0/s1. The highest BCUT2D eigenvalue weighted by Crippen LogP contribution is 2.21. The summed E-state index contributed by atoms with van der Waals surface area (Å²) in [6.45, 7) is 3.65. The monoisotopic (exact) mass is 416 g/mol. The molecule has 0 radical (unpaired) electrons. The fraction of sp³-hybridized carbons (Fsp3) is 0.526. The van der Waals surface area contributed by atoms with Gasteiger partial charge in [0, 0.05) is 6.42 Å². The van der Waals surface area contributed by atoms with Crippen LogP contribution in [0.3, 0.4) is 0 Å². The van der Waals surface area contributed by atoms with Crippen molar-refractivity contribution in [2.24, 2.45) is 0 Å². The van der Waals surface area contributed by atoms with E-state index < -0.39 is 55.1 Å². The summed E-state index contributed by atoms with van der Waals surface area (Å²) in [6, 6.07) is 7.11. The number of carboxylic acids is 1. The van der Waals surface area contributed by atoms with E-state index in [2.05, 4.69) is 0 Å². The van der Waals surface area contributed by atoms with Gasteiger partial charge in [-0.2, -0.15) is 0 Å². The molecule has 162 valence electrons. The number of ether oxygens (including phenoxy) is 2. The van der Waals surface area contributed by atoms with Crippen LogP contribution in [-0.4, -0.2) is 47.4 Å². The largest absolute Gasteiger partial charge is 0.480 e. The summed E-state index contributed by atoms with van der Waals surface area (Å²) in [6.07, 6.45) is -3.47. The zero-order valence-electron chi connectivity index (χ0n) is 16.5. The Balaban J connectivity index is 2.46. The van der Waals surface area contributed by atoms with Crippen molar-refractivity contribution >= 4 is 18.2 Å². The van der Waals surface area contributed by atoms with Gasteiger partial charge < -0.3 is 25.2 Å². The first-order chi connectivity index (χ1) is 13.4. The minimum absolute atomic E-state index is 0.0883. The summed E-state index contributed by atoms with van der Waals surface area (Å²) >= 11 is 0. The Morgan fingerprint density at radius 2 is 1.72 bits per heavy atom. The number of aliphatic carboxylic acids is 1. The van der Waals surface area contributed by atoms with E-state index in [0.29, 0.717) is 5.56 Å². The zero-order chi connectivity index (χ0) is 22.1. The van der Waals surface area contributed by atoms with Gasteiger partial charge in [-0.3, -0.25) is 0 Å². The lowest BCUT2D eigenvalue weighted by Gasteiger charge is -2.22. The van der Waals surface area contributed by atoms with Crippen molar-refractivity contribution in [2.45, 2.75) is 57.8 Å². The van der Waals surface area contributed by atoms with Gasteiger partial charge in [-0.25, -0.2) is 23.2 Å². The molecular formula is C19H26F2N2O6. The quantitative estimate of drug-likeness (QED) is 0.569. The molecule has 1 aromatic carbocycles. The van der Waals surface area contributed by atoms with E-state index in [4.69, 9.17) is 14.6 Å². The van der Waals surface area contributed by atoms with Crippen molar-refractivity contribution in [3.63, 3.8) is 0 Å². The zero-order valence-corrected chi connectivity index (χ0v) is 16.5. The first-order valence-corrected chi connectivity index (χ1v) is 8.93. The second-order valence-corrected chi connectivity index (χ2v) is 7.35. The van der Waals surface area contributed by atoms with Crippen molar-refractivity contribution in [3.8, 4) is 0 Å². The van der Waals surface area contributed by atoms with E-state index in [-0.39, 0.29) is 6.61 Å². The van der Waals surface area contributed by atoms with Gasteiger partial charge in [-0.15, -0.1) is 0 Å². The lowest BCUT2D eigenvalue weighted by molar-refractivity contribution is -0.140. The molecule has 0 aromatic heterocycles. The molecule has 0 unspecified atom stereocenters. The molecule has 29 heavy (non-hydrogen) atoms. The number of rotatable bonds is 9. The SMILES string of the molecule is CC(C)(C)OC(=O)NCC(F)(F)CC[C@H](NC(=O)OCc1ccccc1)C(=O)O. The summed E-state index contributed by atoms with van der Waals surface area (Å²) in [4.78, 5) is 34.4. The van der Waals surface area contributed by atoms with Crippen LogP contribution >= 0.6 is 0 Å². The van der Waals surface area contributed by atoms with E-state index in [0.717, 1.165) is 0 Å². The van der Waals surface area contributed by atoms with Crippen LogP contribution in [-0.2, 0) is 20.9 Å². The van der Waals surface area contributed by atoms with E-state index in [9.17, 15) is 23.2 Å². The second kappa shape index (κ2) is 10.6. The third kappa shape index (κ3) is 10.9. The van der Waals surface area contributed by atoms with Crippen molar-refractivity contribution in [2.75, 3.05) is 6.54 Å². The molecule has 0 saturated heterocycles. The average molecular weight is 416 g/mol. The molecule has 0 spiro atoms. The molecular weight excluding hydrogens is 390 g/mol. The highest BCUT2D eigenvalue weighted by atomic mass is 19.3. The third-order valence-corrected chi connectivity index (χ3v) is 3.49. The number of nitrogens with one attached hydrogen (secondary N) is 2. The fourth-order valence-corrected chi connectivity index (χ4v) is 2.12. The van der Waals surface area contributed by atoms with Gasteiger partial charge >= 0.3 is 18.2 Å². The van der Waals surface area contributed by atoms with Crippen molar-refractivity contribution in [3.05, 3.63) is 35.9 Å². The topological polar surface area (TPSA) is 114 Å². The minimum Gasteiger partial charge on any atom is -0.480 e. The number of alkyl halides is 2. The molecule has 1 atom stereocenters. The number of hydrogen-bond donors (Lipinski definition) is 3. The molecule has 0 saturated carbocycles. The van der Waals surface area contributed by atoms with Crippen LogP contribution < -0.4 is 10.6 Å². The average Bonchev–Trinajstić information content (AvgIpc) is 2.61. The number of halogens is 2. The van der Waals surface area contributed by atoms with E-state index in [1.165, 1.54) is 0 Å². The maximum Gasteiger partial charge on any atom is 0.408 e. The van der Waals surface area contributed by atoms with E-state index >= 15 is 0 Å². The second-order valence-electron chi connectivity index (χ2n) is 7.35. The van der Waals surface area contributed by atoms with Gasteiger partial charge in [0.2, 0.25) is 0 Å². The molecule has 10 heteroatoms. The maximum absolute atomic E-state index is 13.9. The lowest BCUT2D eigenvalue weighted by Crippen LogP contribution is -2.44. The highest BCUT2D eigenvalue weighted by molar-refractivity contribution is 5.79. The van der Waals surface area contributed by atoms with Crippen LogP contribution in [0.2, 0.25) is 0 Å². The van der Waals surface area contributed by atoms with Crippen molar-refractivity contribution in [1.82, 2.24) is 10.6 Å². The first-order valence-electron chi connectivity index (χ1n) is 8.93. The first kappa shape index (κ1) is 24.1. The number of alkyl carbamates (subject to hydrolysis) is 2. The van der Waals surface area contributed by atoms with Crippen LogP contribution in [0.15, 0.2) is 30.3 Å². The van der Waals surface area contributed by atoms with Crippen molar-refractivity contribution < 1.29 is 37.7 Å². The van der Waals surface area contributed by atoms with Crippen LogP contribution in [0, 0.1) is 0 Å². The number of hydrogen-bond acceptors (Lipinski definition) is 5. The number of benzene rings is 1. The van der Waals surface area contributed by atoms with Crippen LogP contribution in [0.4, 0.5) is 18.4 Å². The molecule has 3 N–H and O–H groups in total. The molecule has 0 aliphatic heterocycles. The smallest absolute Gasteiger partial charge is 0.408 e. The summed E-state index contributed by atoms with van der Waals surface area (Å²) in [5.74, 6) is -4.86. The van der Waals surface area contributed by atoms with Gasteiger partial charge in [0.05, 0.1) is 6.54 Å².